The molecule has 17 aromatic carbocycles. The topological polar surface area (TPSA) is 95.8 Å². The molecule has 22 aromatic rings. The fraction of sp³-hybridized carbons (Fsp3) is 0.0175. The van der Waals surface area contributed by atoms with Gasteiger partial charge in [0.15, 0.2) is 5.82 Å². The van der Waals surface area contributed by atoms with Crippen LogP contribution in [0.25, 0.3) is 177 Å². The van der Waals surface area contributed by atoms with E-state index in [1.54, 1.807) is 0 Å². The smallest absolute Gasteiger partial charge is 0.160 e. The van der Waals surface area contributed by atoms with Gasteiger partial charge in [-0.25, -0.2) is 29.9 Å². The number of para-hydroxylation sites is 3. The predicted molar refractivity (Wildman–Crippen MR) is 495 cm³/mol. The first kappa shape index (κ1) is 69.0. The van der Waals surface area contributed by atoms with Crippen molar-refractivity contribution < 1.29 is 9.47 Å². The first-order valence-electron chi connectivity index (χ1n) is 41.5. The van der Waals surface area contributed by atoms with Crippen molar-refractivity contribution in [3.63, 3.8) is 0 Å². The molecule has 2 aliphatic carbocycles. The van der Waals surface area contributed by atoms with Gasteiger partial charge in [0, 0.05) is 93.3 Å². The van der Waals surface area contributed by atoms with E-state index in [1.807, 2.05) is 30.3 Å². The van der Waals surface area contributed by atoms with E-state index in [2.05, 4.69) is 382 Å². The van der Waals surface area contributed by atoms with Gasteiger partial charge < -0.3 is 9.47 Å². The molecule has 5 aromatic heterocycles. The normalized spacial score (nSPS) is 13.2. The lowest BCUT2D eigenvalue weighted by Crippen LogP contribution is -2.32. The largest absolute Gasteiger partial charge is 0.457 e. The Bertz CT molecular complexity index is 8050. The van der Waals surface area contributed by atoms with Gasteiger partial charge in [0.1, 0.15) is 23.0 Å². The SMILES string of the molecule is c1ccc(-c2ccc3ccc4ccc(-c5ccc6nc(-c7ccccc7)c7cc8c(cc7c6c5)C5(c6ccccc6O8)c6ccccc6-c6ccccc65)nc4c3n2)cc1.c1ccc(-c2nc(-c3ccc(-c4ccc5nc(-c6ccccc6)c6cc7c(cc6c5c4)C4(c5ccccc5O7)c5ccccc5-c5ccccc54)cc3)c3ccccc3n2)cc1. The Morgan fingerprint density at radius 1 is 0.180 bits per heavy atom. The molecule has 2 aliphatic heterocycles. The zero-order chi connectivity index (χ0) is 80.1. The van der Waals surface area contributed by atoms with Gasteiger partial charge in [-0.15, -0.1) is 0 Å². The number of pyridine rings is 4. The minimum atomic E-state index is -0.585. The molecule has 0 saturated heterocycles. The second-order valence-corrected chi connectivity index (χ2v) is 32.1. The monoisotopic (exact) mass is 1550 g/mol. The van der Waals surface area contributed by atoms with Crippen LogP contribution in [0.1, 0.15) is 44.5 Å². The average Bonchev–Trinajstić information content (AvgIpc) is 1.49. The molecule has 0 fully saturated rings. The summed E-state index contributed by atoms with van der Waals surface area (Å²) in [4.78, 5) is 31.4. The molecule has 4 aliphatic rings. The van der Waals surface area contributed by atoms with Gasteiger partial charge >= 0.3 is 0 Å². The number of hydrogen-bond donors (Lipinski definition) is 0. The van der Waals surface area contributed by atoms with Crippen molar-refractivity contribution in [3.8, 4) is 124 Å². The number of nitrogens with zero attached hydrogens (tertiary/aromatic N) is 6. The molecule has 566 valence electrons. The number of fused-ring (bicyclic) bond motifs is 28. The lowest BCUT2D eigenvalue weighted by molar-refractivity contribution is 0.437. The van der Waals surface area contributed by atoms with Crippen molar-refractivity contribution in [2.75, 3.05) is 0 Å². The minimum Gasteiger partial charge on any atom is -0.457 e. The number of benzene rings is 17. The van der Waals surface area contributed by atoms with E-state index in [4.69, 9.17) is 39.4 Å². The first-order valence-corrected chi connectivity index (χ1v) is 41.5. The molecule has 7 heterocycles. The zero-order valence-electron chi connectivity index (χ0n) is 65.8. The first-order chi connectivity index (χ1) is 60.4. The molecule has 0 unspecified atom stereocenters. The van der Waals surface area contributed by atoms with Gasteiger partial charge in [-0.2, -0.15) is 0 Å². The average molecular weight is 1550 g/mol. The highest BCUT2D eigenvalue weighted by Crippen LogP contribution is 2.65. The molecular formula is C114H68N6O2. The molecule has 122 heavy (non-hydrogen) atoms. The van der Waals surface area contributed by atoms with E-state index in [0.717, 1.165) is 200 Å². The van der Waals surface area contributed by atoms with Gasteiger partial charge in [0.05, 0.1) is 66.9 Å². The lowest BCUT2D eigenvalue weighted by atomic mass is 9.65. The van der Waals surface area contributed by atoms with Gasteiger partial charge in [-0.3, -0.25) is 0 Å². The molecule has 26 rings (SSSR count). The van der Waals surface area contributed by atoms with Crippen LogP contribution < -0.4 is 9.47 Å². The van der Waals surface area contributed by atoms with Crippen LogP contribution in [-0.2, 0) is 10.8 Å². The second-order valence-electron chi connectivity index (χ2n) is 32.1. The summed E-state index contributed by atoms with van der Waals surface area (Å²) in [5, 5.41) is 9.63. The van der Waals surface area contributed by atoms with Crippen LogP contribution in [-0.4, -0.2) is 29.9 Å². The second kappa shape index (κ2) is 27.2. The third-order valence-corrected chi connectivity index (χ3v) is 25.6. The van der Waals surface area contributed by atoms with Crippen LogP contribution in [0.15, 0.2) is 413 Å². The van der Waals surface area contributed by atoms with Crippen LogP contribution in [0.2, 0.25) is 0 Å². The van der Waals surface area contributed by atoms with Crippen LogP contribution in [0, 0.1) is 0 Å². The molecule has 0 N–H and O–H groups in total. The highest BCUT2D eigenvalue weighted by atomic mass is 16.5. The van der Waals surface area contributed by atoms with E-state index in [0.29, 0.717) is 0 Å². The summed E-state index contributed by atoms with van der Waals surface area (Å²) >= 11 is 0. The summed E-state index contributed by atoms with van der Waals surface area (Å²) in [5.74, 6) is 4.15. The quantitative estimate of drug-likeness (QED) is 0.146. The van der Waals surface area contributed by atoms with E-state index in [-0.39, 0.29) is 0 Å². The Balaban J connectivity index is 0.000000134. The highest BCUT2D eigenvalue weighted by molar-refractivity contribution is 6.16. The fourth-order valence-corrected chi connectivity index (χ4v) is 20.2. The highest BCUT2D eigenvalue weighted by Gasteiger charge is 2.53. The number of rotatable bonds is 7. The summed E-state index contributed by atoms with van der Waals surface area (Å²) in [6.45, 7) is 0. The van der Waals surface area contributed by atoms with E-state index in [1.165, 1.54) is 44.5 Å². The van der Waals surface area contributed by atoms with Crippen molar-refractivity contribution in [1.29, 1.82) is 0 Å². The van der Waals surface area contributed by atoms with Gasteiger partial charge in [-0.05, 0) is 145 Å². The fourth-order valence-electron chi connectivity index (χ4n) is 20.2. The molecular weight excluding hydrogens is 1490 g/mol. The summed E-state index contributed by atoms with van der Waals surface area (Å²) < 4.78 is 13.9. The Labute approximate surface area is 702 Å². The molecule has 8 nitrogen and oxygen atoms in total. The van der Waals surface area contributed by atoms with Crippen molar-refractivity contribution in [2.45, 2.75) is 10.8 Å². The van der Waals surface area contributed by atoms with E-state index >= 15 is 0 Å². The summed E-state index contributed by atoms with van der Waals surface area (Å²) in [6, 6.07) is 147. The molecule has 8 heteroatoms. The Kier molecular flexibility index (Phi) is 15.4. The minimum absolute atomic E-state index is 0.576. The third-order valence-electron chi connectivity index (χ3n) is 25.6. The maximum Gasteiger partial charge on any atom is 0.160 e. The molecule has 0 saturated carbocycles. The maximum atomic E-state index is 6.97. The number of ether oxygens (including phenoxy) is 2. The van der Waals surface area contributed by atoms with Crippen molar-refractivity contribution in [1.82, 2.24) is 29.9 Å². The van der Waals surface area contributed by atoms with Crippen LogP contribution in [0.3, 0.4) is 0 Å². The molecule has 0 radical (unpaired) electrons. The van der Waals surface area contributed by atoms with Crippen molar-refractivity contribution >= 4 is 76.1 Å². The summed E-state index contributed by atoms with van der Waals surface area (Å²) in [5.41, 5.74) is 31.1. The summed E-state index contributed by atoms with van der Waals surface area (Å²) in [7, 11) is 0. The third kappa shape index (κ3) is 10.5. The molecule has 0 atom stereocenters. The Morgan fingerprint density at radius 3 is 1.02 bits per heavy atom. The van der Waals surface area contributed by atoms with E-state index in [9.17, 15) is 0 Å². The standard InChI is InChI=1S/C58H35N3O.C56H33N3O/c1-3-15-37(16-4-1)56-46-35-54-50(58(49-24-12-14-26-53(49)62-54)47-22-10-7-19-41(47)42-20-8-11-23-48(42)58)34-44(46)45-33-40(31-32-52(45)59-56)36-27-29-38(30-28-36)55-43-21-9-13-25-51(43)60-57(61-55)39-17-5-2-6-18-39;1-3-13-34(14-4-1)48-28-25-36-23-24-37-26-29-49(58-55(37)54(36)57-48)38-27-30-50-42(31-38)41-32-47-52(33-43(41)53(59-50)35-15-5-2-6-16-35)60-51-22-12-11-21-46(51)56(47)44-19-9-7-17-39(44)40-18-8-10-20-45(40)56/h1-35H;1-33H. The maximum absolute atomic E-state index is 6.97. The Hall–Kier alpha value is -16.2. The summed E-state index contributed by atoms with van der Waals surface area (Å²) in [6.07, 6.45) is 0. The van der Waals surface area contributed by atoms with Crippen LogP contribution >= 0.6 is 0 Å². The van der Waals surface area contributed by atoms with Gasteiger partial charge in [0.2, 0.25) is 0 Å². The van der Waals surface area contributed by atoms with Gasteiger partial charge in [-0.1, -0.05) is 334 Å². The van der Waals surface area contributed by atoms with Crippen LogP contribution in [0.4, 0.5) is 0 Å². The predicted octanol–water partition coefficient (Wildman–Crippen LogP) is 28.4. The number of hydrogen-bond acceptors (Lipinski definition) is 8. The van der Waals surface area contributed by atoms with Crippen LogP contribution in [0.5, 0.6) is 23.0 Å². The molecule has 0 amide bonds. The van der Waals surface area contributed by atoms with Gasteiger partial charge in [0.25, 0.3) is 0 Å². The molecule has 0 bridgehead atoms. The van der Waals surface area contributed by atoms with Crippen molar-refractivity contribution in [3.05, 3.63) is 457 Å². The van der Waals surface area contributed by atoms with E-state index < -0.39 is 10.8 Å². The lowest BCUT2D eigenvalue weighted by Gasteiger charge is -2.39. The molecule has 2 spiro atoms. The van der Waals surface area contributed by atoms with Crippen molar-refractivity contribution in [2.24, 2.45) is 0 Å². The zero-order valence-corrected chi connectivity index (χ0v) is 65.8. The Morgan fingerprint density at radius 2 is 0.533 bits per heavy atom. The number of aromatic nitrogens is 6.